The summed E-state index contributed by atoms with van der Waals surface area (Å²) in [5, 5.41) is 14.9. The van der Waals surface area contributed by atoms with Crippen LogP contribution >= 0.6 is 0 Å². The van der Waals surface area contributed by atoms with Crippen molar-refractivity contribution in [2.24, 2.45) is 11.8 Å². The lowest BCUT2D eigenvalue weighted by atomic mass is 9.94. The number of aliphatic carboxylic acids is 1. The first kappa shape index (κ1) is 15.0. The average Bonchev–Trinajstić information content (AvgIpc) is 2.77. The number of rotatable bonds is 7. The van der Waals surface area contributed by atoms with Gasteiger partial charge in [0.1, 0.15) is 0 Å². The molecule has 0 spiro atoms. The minimum absolute atomic E-state index is 0.00615. The van der Waals surface area contributed by atoms with E-state index in [4.69, 9.17) is 5.11 Å². The molecule has 1 saturated heterocycles. The van der Waals surface area contributed by atoms with Crippen LogP contribution in [0.4, 0.5) is 0 Å². The molecule has 1 amide bonds. The van der Waals surface area contributed by atoms with Crippen LogP contribution in [0.25, 0.3) is 0 Å². The van der Waals surface area contributed by atoms with E-state index in [2.05, 4.69) is 24.5 Å². The van der Waals surface area contributed by atoms with Crippen molar-refractivity contribution < 1.29 is 14.7 Å². The van der Waals surface area contributed by atoms with Crippen LogP contribution in [-0.4, -0.2) is 36.1 Å². The normalized spacial score (nSPS) is 20.9. The number of carboxylic acids is 1. The van der Waals surface area contributed by atoms with Crippen molar-refractivity contribution >= 4 is 11.9 Å². The zero-order valence-electron chi connectivity index (χ0n) is 11.2. The maximum atomic E-state index is 11.8. The molecule has 0 aromatic rings. The van der Waals surface area contributed by atoms with E-state index in [1.54, 1.807) is 0 Å². The molecule has 0 unspecified atom stereocenters. The van der Waals surface area contributed by atoms with Crippen molar-refractivity contribution in [2.45, 2.75) is 45.6 Å². The first-order valence-corrected chi connectivity index (χ1v) is 6.72. The number of hydrogen-bond donors (Lipinski definition) is 3. The van der Waals surface area contributed by atoms with Crippen LogP contribution in [0.15, 0.2) is 0 Å². The summed E-state index contributed by atoms with van der Waals surface area (Å²) in [6.45, 7) is 5.48. The Balaban J connectivity index is 2.35. The van der Waals surface area contributed by atoms with Crippen molar-refractivity contribution in [3.8, 4) is 0 Å². The van der Waals surface area contributed by atoms with Crippen LogP contribution in [0, 0.1) is 11.8 Å². The maximum absolute atomic E-state index is 11.8. The molecule has 2 atom stereocenters. The van der Waals surface area contributed by atoms with Gasteiger partial charge in [-0.25, -0.2) is 0 Å². The molecule has 1 fully saturated rings. The average molecular weight is 256 g/mol. The van der Waals surface area contributed by atoms with Crippen LogP contribution in [0.1, 0.15) is 39.5 Å². The van der Waals surface area contributed by atoms with E-state index in [-0.39, 0.29) is 24.3 Å². The van der Waals surface area contributed by atoms with Gasteiger partial charge in [0, 0.05) is 13.0 Å². The van der Waals surface area contributed by atoms with E-state index >= 15 is 0 Å². The second-order valence-electron chi connectivity index (χ2n) is 5.49. The molecule has 3 N–H and O–H groups in total. The topological polar surface area (TPSA) is 78.4 Å². The molecule has 0 aliphatic carbocycles. The maximum Gasteiger partial charge on any atom is 0.303 e. The number of carboxylic acid groups (broad SMARTS) is 1. The van der Waals surface area contributed by atoms with E-state index in [0.717, 1.165) is 25.8 Å². The summed E-state index contributed by atoms with van der Waals surface area (Å²) in [5.74, 6) is -0.329. The number of amides is 1. The van der Waals surface area contributed by atoms with Gasteiger partial charge < -0.3 is 15.7 Å². The van der Waals surface area contributed by atoms with Gasteiger partial charge in [0.05, 0.1) is 6.04 Å². The highest BCUT2D eigenvalue weighted by atomic mass is 16.4. The first-order valence-electron chi connectivity index (χ1n) is 6.72. The van der Waals surface area contributed by atoms with Crippen LogP contribution in [-0.2, 0) is 9.59 Å². The third-order valence-electron chi connectivity index (χ3n) is 3.21. The number of nitrogens with one attached hydrogen (secondary N) is 2. The van der Waals surface area contributed by atoms with Crippen molar-refractivity contribution in [1.29, 1.82) is 0 Å². The molecule has 0 aromatic carbocycles. The number of carbonyl (C=O) groups is 2. The van der Waals surface area contributed by atoms with Gasteiger partial charge in [-0.15, -0.1) is 0 Å². The van der Waals surface area contributed by atoms with E-state index in [9.17, 15) is 9.59 Å². The van der Waals surface area contributed by atoms with Crippen LogP contribution in [0.3, 0.4) is 0 Å². The summed E-state index contributed by atoms with van der Waals surface area (Å²) < 4.78 is 0. The molecule has 18 heavy (non-hydrogen) atoms. The summed E-state index contributed by atoms with van der Waals surface area (Å²) in [4.78, 5) is 22.6. The SMILES string of the molecule is CC(C)C[C@H](CNC(=O)[C@H]1CCCN1)CC(=O)O. The Kier molecular flexibility index (Phi) is 6.12. The van der Waals surface area contributed by atoms with Crippen molar-refractivity contribution in [2.75, 3.05) is 13.1 Å². The Morgan fingerprint density at radius 1 is 1.44 bits per heavy atom. The van der Waals surface area contributed by atoms with Gasteiger partial charge in [0.15, 0.2) is 0 Å². The fraction of sp³-hybridized carbons (Fsp3) is 0.846. The van der Waals surface area contributed by atoms with Gasteiger partial charge in [0.25, 0.3) is 0 Å². The van der Waals surface area contributed by atoms with Crippen molar-refractivity contribution in [1.82, 2.24) is 10.6 Å². The molecule has 0 radical (unpaired) electrons. The highest BCUT2D eigenvalue weighted by molar-refractivity contribution is 5.82. The van der Waals surface area contributed by atoms with E-state index in [0.29, 0.717) is 12.5 Å². The molecule has 104 valence electrons. The molecule has 1 aliphatic heterocycles. The van der Waals surface area contributed by atoms with Crippen LogP contribution < -0.4 is 10.6 Å². The molecule has 5 nitrogen and oxygen atoms in total. The summed E-state index contributed by atoms with van der Waals surface area (Å²) in [5.41, 5.74) is 0. The van der Waals surface area contributed by atoms with E-state index < -0.39 is 5.97 Å². The third kappa shape index (κ3) is 5.49. The molecule has 1 heterocycles. The Bertz CT molecular complexity index is 286. The van der Waals surface area contributed by atoms with Gasteiger partial charge in [-0.05, 0) is 37.6 Å². The molecule has 0 bridgehead atoms. The van der Waals surface area contributed by atoms with Gasteiger partial charge >= 0.3 is 5.97 Å². The third-order valence-corrected chi connectivity index (χ3v) is 3.21. The zero-order chi connectivity index (χ0) is 13.5. The Labute approximate surface area is 108 Å². The second kappa shape index (κ2) is 7.36. The summed E-state index contributed by atoms with van der Waals surface area (Å²) in [7, 11) is 0. The molecule has 0 aromatic heterocycles. The fourth-order valence-electron chi connectivity index (χ4n) is 2.43. The smallest absolute Gasteiger partial charge is 0.303 e. The Morgan fingerprint density at radius 2 is 2.17 bits per heavy atom. The van der Waals surface area contributed by atoms with Crippen molar-refractivity contribution in [3.63, 3.8) is 0 Å². The standard InChI is InChI=1S/C13H24N2O3/c1-9(2)6-10(7-12(16)17)8-15-13(18)11-4-3-5-14-11/h9-11,14H,3-8H2,1-2H3,(H,15,18)(H,16,17)/t10-,11+/m0/s1. The quantitative estimate of drug-likeness (QED) is 0.635. The fourth-order valence-corrected chi connectivity index (χ4v) is 2.43. The summed E-state index contributed by atoms with van der Waals surface area (Å²) in [6.07, 6.45) is 2.85. The van der Waals surface area contributed by atoms with E-state index in [1.807, 2.05) is 0 Å². The molecular formula is C13H24N2O3. The predicted octanol–water partition coefficient (Wildman–Crippen LogP) is 0.992. The van der Waals surface area contributed by atoms with Gasteiger partial charge in [-0.1, -0.05) is 13.8 Å². The lowest BCUT2D eigenvalue weighted by molar-refractivity contribution is -0.138. The van der Waals surface area contributed by atoms with Crippen LogP contribution in [0.2, 0.25) is 0 Å². The minimum atomic E-state index is -0.797. The highest BCUT2D eigenvalue weighted by Gasteiger charge is 2.23. The first-order chi connectivity index (χ1) is 8.49. The Hall–Kier alpha value is -1.10. The molecule has 0 saturated carbocycles. The van der Waals surface area contributed by atoms with Crippen LogP contribution in [0.5, 0.6) is 0 Å². The Morgan fingerprint density at radius 3 is 2.67 bits per heavy atom. The molecule has 5 heteroatoms. The number of hydrogen-bond acceptors (Lipinski definition) is 3. The highest BCUT2D eigenvalue weighted by Crippen LogP contribution is 2.15. The molecule has 1 aliphatic rings. The van der Waals surface area contributed by atoms with Gasteiger partial charge in [-0.2, -0.15) is 0 Å². The monoisotopic (exact) mass is 256 g/mol. The number of carbonyl (C=O) groups excluding carboxylic acids is 1. The predicted molar refractivity (Wildman–Crippen MR) is 69.2 cm³/mol. The second-order valence-corrected chi connectivity index (χ2v) is 5.49. The minimum Gasteiger partial charge on any atom is -0.481 e. The molecular weight excluding hydrogens is 232 g/mol. The largest absolute Gasteiger partial charge is 0.481 e. The lowest BCUT2D eigenvalue weighted by Gasteiger charge is -2.19. The molecule has 1 rings (SSSR count). The van der Waals surface area contributed by atoms with Crippen molar-refractivity contribution in [3.05, 3.63) is 0 Å². The van der Waals surface area contributed by atoms with Gasteiger partial charge in [-0.3, -0.25) is 9.59 Å². The lowest BCUT2D eigenvalue weighted by Crippen LogP contribution is -2.42. The zero-order valence-corrected chi connectivity index (χ0v) is 11.2. The summed E-state index contributed by atoms with van der Waals surface area (Å²) >= 11 is 0. The summed E-state index contributed by atoms with van der Waals surface area (Å²) in [6, 6.07) is -0.0884. The van der Waals surface area contributed by atoms with Gasteiger partial charge in [0.2, 0.25) is 5.91 Å². The van der Waals surface area contributed by atoms with E-state index in [1.165, 1.54) is 0 Å².